The van der Waals surface area contributed by atoms with Gasteiger partial charge in [-0.05, 0) is 70.6 Å². The second kappa shape index (κ2) is 65.4. The second-order valence-electron chi connectivity index (χ2n) is 23.4. The summed E-state index contributed by atoms with van der Waals surface area (Å²) in [7, 11) is -4.39. The topological polar surface area (TPSA) is 134 Å². The molecule has 10 heteroatoms. The molecule has 3 N–H and O–H groups in total. The number of carbonyl (C=O) groups excluding carboxylic acids is 2. The normalized spacial score (nSPS) is 13.1. The number of hydrogen-bond acceptors (Lipinski definition) is 8. The molecule has 0 radical (unpaired) electrons. The maximum atomic E-state index is 12.7. The number of rotatable bonds is 66. The molecule has 2 atom stereocenters. The lowest BCUT2D eigenvalue weighted by molar-refractivity contribution is -0.161. The average Bonchev–Trinajstić information content (AvgIpc) is 3.44. The van der Waals surface area contributed by atoms with Crippen molar-refractivity contribution in [1.82, 2.24) is 0 Å². The highest BCUT2D eigenvalue weighted by atomic mass is 31.2. The molecule has 0 aromatic rings. The zero-order valence-electron chi connectivity index (χ0n) is 52.4. The van der Waals surface area contributed by atoms with Gasteiger partial charge in [-0.2, -0.15) is 0 Å². The van der Waals surface area contributed by atoms with Crippen LogP contribution in [0.1, 0.15) is 361 Å². The maximum absolute atomic E-state index is 12.7. The van der Waals surface area contributed by atoms with Crippen LogP contribution >= 0.6 is 7.82 Å². The van der Waals surface area contributed by atoms with Gasteiger partial charge in [-0.15, -0.1) is 0 Å². The zero-order valence-corrected chi connectivity index (χ0v) is 53.3. The van der Waals surface area contributed by atoms with E-state index in [1.54, 1.807) is 0 Å². The molecule has 9 nitrogen and oxygen atoms in total. The van der Waals surface area contributed by atoms with E-state index in [9.17, 15) is 19.0 Å². The lowest BCUT2D eigenvalue weighted by Crippen LogP contribution is -2.29. The van der Waals surface area contributed by atoms with E-state index in [1.807, 2.05) is 0 Å². The molecule has 0 spiro atoms. The van der Waals surface area contributed by atoms with E-state index in [0.29, 0.717) is 6.42 Å². The molecule has 79 heavy (non-hydrogen) atoms. The van der Waals surface area contributed by atoms with Crippen molar-refractivity contribution in [2.75, 3.05) is 26.4 Å². The van der Waals surface area contributed by atoms with Gasteiger partial charge >= 0.3 is 19.8 Å². The van der Waals surface area contributed by atoms with Crippen LogP contribution in [0.25, 0.3) is 0 Å². The first-order valence-electron chi connectivity index (χ1n) is 34.5. The summed E-state index contributed by atoms with van der Waals surface area (Å²) in [5.41, 5.74) is 5.39. The number of unbranched alkanes of at least 4 members (excludes halogenated alkanes) is 47. The molecular weight excluding hydrogens is 1000 g/mol. The molecule has 0 saturated carbocycles. The molecule has 0 heterocycles. The summed E-state index contributed by atoms with van der Waals surface area (Å²) in [6.07, 6.45) is 81.1. The van der Waals surface area contributed by atoms with Crippen molar-refractivity contribution in [3.8, 4) is 0 Å². The highest BCUT2D eigenvalue weighted by Gasteiger charge is 2.26. The van der Waals surface area contributed by atoms with Gasteiger partial charge in [0.2, 0.25) is 0 Å². The lowest BCUT2D eigenvalue weighted by Gasteiger charge is -2.19. The Morgan fingerprint density at radius 2 is 0.658 bits per heavy atom. The van der Waals surface area contributed by atoms with Gasteiger partial charge in [-0.1, -0.05) is 314 Å². The average molecular weight is 1130 g/mol. The molecule has 0 fully saturated rings. The number of phosphoric acid groups is 1. The van der Waals surface area contributed by atoms with Gasteiger partial charge in [0.25, 0.3) is 0 Å². The minimum absolute atomic E-state index is 0.0556. The van der Waals surface area contributed by atoms with Gasteiger partial charge in [-0.3, -0.25) is 18.6 Å². The molecule has 0 aliphatic rings. The summed E-state index contributed by atoms with van der Waals surface area (Å²) >= 11 is 0. The fraction of sp³-hybridized carbons (Fsp3) is 0.884. The van der Waals surface area contributed by atoms with Gasteiger partial charge in [0.05, 0.1) is 13.2 Å². The van der Waals surface area contributed by atoms with E-state index in [0.717, 1.165) is 38.5 Å². The van der Waals surface area contributed by atoms with E-state index in [4.69, 9.17) is 24.3 Å². The highest BCUT2D eigenvalue weighted by Crippen LogP contribution is 2.43. The molecular formula is C69H132NO8P. The Bertz CT molecular complexity index is 1390. The smallest absolute Gasteiger partial charge is 0.462 e. The Balaban J connectivity index is 3.76. The van der Waals surface area contributed by atoms with Crippen molar-refractivity contribution >= 4 is 19.8 Å². The van der Waals surface area contributed by atoms with Crippen LogP contribution in [0, 0.1) is 0 Å². The molecule has 0 saturated heterocycles. The molecule has 2 unspecified atom stereocenters. The summed E-state index contributed by atoms with van der Waals surface area (Å²) in [5, 5.41) is 0. The van der Waals surface area contributed by atoms with Crippen LogP contribution in [-0.2, 0) is 32.7 Å². The van der Waals surface area contributed by atoms with Crippen LogP contribution in [0.3, 0.4) is 0 Å². The van der Waals surface area contributed by atoms with Crippen molar-refractivity contribution < 1.29 is 37.6 Å². The third kappa shape index (κ3) is 65.3. The Hall–Kier alpha value is -1.77. The Morgan fingerprint density at radius 1 is 0.380 bits per heavy atom. The SMILES string of the molecule is CCCCCCC/C=C\C/C=C\CCCCCCCCCCCCCCCCCCCCCCCCCCCCCC(=O)OC(COC(=O)CCCCCCCCCCC/C=C\CCCCCCCC)COP(=O)(O)OCCN. The summed E-state index contributed by atoms with van der Waals surface area (Å²) < 4.78 is 33.1. The van der Waals surface area contributed by atoms with Crippen molar-refractivity contribution in [2.45, 2.75) is 367 Å². The molecule has 0 bridgehead atoms. The second-order valence-corrected chi connectivity index (χ2v) is 24.8. The molecule has 0 amide bonds. The van der Waals surface area contributed by atoms with Gasteiger partial charge in [0, 0.05) is 19.4 Å². The van der Waals surface area contributed by atoms with E-state index in [-0.39, 0.29) is 38.6 Å². The van der Waals surface area contributed by atoms with Crippen molar-refractivity contribution in [3.05, 3.63) is 36.5 Å². The van der Waals surface area contributed by atoms with Crippen LogP contribution in [0.4, 0.5) is 0 Å². The van der Waals surface area contributed by atoms with E-state index in [1.165, 1.54) is 289 Å². The molecule has 0 aliphatic carbocycles. The standard InChI is InChI=1S/C69H132NO8P/c1-3-5-7-9-11-13-15-17-19-21-23-24-25-26-27-28-29-30-31-32-33-34-35-36-37-38-39-40-41-42-44-46-48-50-52-54-56-58-60-62-69(72)78-67(66-77-79(73,74)76-64-63-70)65-75-68(71)61-59-57-55-53-51-49-47-45-43-22-20-18-16-14-12-10-8-6-4-2/h15,17-18,20-21,23,67H,3-14,16,19,22,24-66,70H2,1-2H3,(H,73,74)/b17-15-,20-18-,23-21-. The number of phosphoric ester groups is 1. The molecule has 0 aliphatic heterocycles. The van der Waals surface area contributed by atoms with Gasteiger partial charge in [0.15, 0.2) is 6.10 Å². The summed E-state index contributed by atoms with van der Waals surface area (Å²) in [4.78, 5) is 35.3. The molecule has 0 aromatic carbocycles. The summed E-state index contributed by atoms with van der Waals surface area (Å²) in [6.45, 7) is 3.79. The predicted molar refractivity (Wildman–Crippen MR) is 340 cm³/mol. The molecule has 466 valence electrons. The fourth-order valence-electron chi connectivity index (χ4n) is 10.4. The number of hydrogen-bond donors (Lipinski definition) is 2. The number of nitrogens with two attached hydrogens (primary N) is 1. The first-order valence-corrected chi connectivity index (χ1v) is 36.0. The minimum atomic E-state index is -4.39. The lowest BCUT2D eigenvalue weighted by atomic mass is 10.0. The van der Waals surface area contributed by atoms with E-state index in [2.05, 4.69) is 50.3 Å². The molecule has 0 rings (SSSR count). The van der Waals surface area contributed by atoms with E-state index < -0.39 is 26.5 Å². The Morgan fingerprint density at radius 3 is 0.975 bits per heavy atom. The van der Waals surface area contributed by atoms with Crippen LogP contribution in [0.5, 0.6) is 0 Å². The number of allylic oxidation sites excluding steroid dienone is 6. The monoisotopic (exact) mass is 1130 g/mol. The minimum Gasteiger partial charge on any atom is -0.462 e. The van der Waals surface area contributed by atoms with Crippen LogP contribution in [-0.4, -0.2) is 49.3 Å². The van der Waals surface area contributed by atoms with Gasteiger partial charge < -0.3 is 20.1 Å². The van der Waals surface area contributed by atoms with Gasteiger partial charge in [-0.25, -0.2) is 4.57 Å². The third-order valence-corrected chi connectivity index (χ3v) is 16.5. The third-order valence-electron chi connectivity index (χ3n) is 15.5. The van der Waals surface area contributed by atoms with Crippen LogP contribution in [0.15, 0.2) is 36.5 Å². The maximum Gasteiger partial charge on any atom is 0.472 e. The van der Waals surface area contributed by atoms with Crippen LogP contribution in [0.2, 0.25) is 0 Å². The van der Waals surface area contributed by atoms with Crippen molar-refractivity contribution in [3.63, 3.8) is 0 Å². The number of esters is 2. The Labute approximate surface area is 490 Å². The largest absolute Gasteiger partial charge is 0.472 e. The van der Waals surface area contributed by atoms with Crippen molar-refractivity contribution in [1.29, 1.82) is 0 Å². The Kier molecular flexibility index (Phi) is 63.9. The fourth-order valence-corrected chi connectivity index (χ4v) is 11.1. The highest BCUT2D eigenvalue weighted by molar-refractivity contribution is 7.47. The quantitative estimate of drug-likeness (QED) is 0.0264. The first-order chi connectivity index (χ1) is 38.8. The van der Waals surface area contributed by atoms with Crippen LogP contribution < -0.4 is 5.73 Å². The predicted octanol–water partition coefficient (Wildman–Crippen LogP) is 22.3. The summed E-state index contributed by atoms with van der Waals surface area (Å²) in [6, 6.07) is 0. The van der Waals surface area contributed by atoms with Crippen molar-refractivity contribution in [2.24, 2.45) is 5.73 Å². The van der Waals surface area contributed by atoms with Gasteiger partial charge in [0.1, 0.15) is 6.61 Å². The zero-order chi connectivity index (χ0) is 57.3. The number of ether oxygens (including phenoxy) is 2. The number of carbonyl (C=O) groups is 2. The summed E-state index contributed by atoms with van der Waals surface area (Å²) in [5.74, 6) is -0.810. The van der Waals surface area contributed by atoms with E-state index >= 15 is 0 Å². The first kappa shape index (κ1) is 77.2. The molecule has 0 aromatic heterocycles.